The SMILES string of the molecule is CC(=O)Nc1ccc(N/C(=C2\C(=O)Nc3ccc(N)cc32)c2ccccc2)cc1. The molecule has 0 atom stereocenters. The van der Waals surface area contributed by atoms with Crippen molar-refractivity contribution in [3.05, 3.63) is 83.9 Å². The summed E-state index contributed by atoms with van der Waals surface area (Å²) in [5, 5.41) is 9.02. The number of amides is 2. The van der Waals surface area contributed by atoms with E-state index in [0.717, 1.165) is 22.5 Å². The molecule has 1 aliphatic heterocycles. The molecule has 0 spiro atoms. The zero-order valence-electron chi connectivity index (χ0n) is 15.8. The summed E-state index contributed by atoms with van der Waals surface area (Å²) in [6.45, 7) is 1.46. The van der Waals surface area contributed by atoms with Gasteiger partial charge in [-0.3, -0.25) is 9.59 Å². The molecule has 1 aliphatic rings. The van der Waals surface area contributed by atoms with E-state index in [2.05, 4.69) is 16.0 Å². The molecule has 29 heavy (non-hydrogen) atoms. The van der Waals surface area contributed by atoms with Crippen LogP contribution < -0.4 is 21.7 Å². The van der Waals surface area contributed by atoms with Crippen LogP contribution in [-0.2, 0) is 9.59 Å². The Morgan fingerprint density at radius 3 is 2.21 bits per heavy atom. The number of carbonyl (C=O) groups is 2. The van der Waals surface area contributed by atoms with Crippen molar-refractivity contribution in [1.82, 2.24) is 0 Å². The van der Waals surface area contributed by atoms with Gasteiger partial charge < -0.3 is 21.7 Å². The topological polar surface area (TPSA) is 96.2 Å². The predicted molar refractivity (Wildman–Crippen MR) is 117 cm³/mol. The molecule has 2 amide bonds. The van der Waals surface area contributed by atoms with Gasteiger partial charge >= 0.3 is 0 Å². The maximum Gasteiger partial charge on any atom is 0.258 e. The first-order valence-corrected chi connectivity index (χ1v) is 9.17. The third-order valence-electron chi connectivity index (χ3n) is 4.58. The van der Waals surface area contributed by atoms with Crippen LogP contribution in [0.1, 0.15) is 18.1 Å². The number of hydrogen-bond acceptors (Lipinski definition) is 4. The Labute approximate surface area is 168 Å². The van der Waals surface area contributed by atoms with Gasteiger partial charge in [0.1, 0.15) is 0 Å². The molecule has 0 aromatic heterocycles. The Balaban J connectivity index is 1.80. The van der Waals surface area contributed by atoms with E-state index in [1.165, 1.54) is 6.92 Å². The molecule has 4 rings (SSSR count). The number of anilines is 4. The van der Waals surface area contributed by atoms with Gasteiger partial charge in [0.2, 0.25) is 5.91 Å². The third kappa shape index (κ3) is 3.82. The van der Waals surface area contributed by atoms with E-state index >= 15 is 0 Å². The highest BCUT2D eigenvalue weighted by atomic mass is 16.2. The first-order valence-electron chi connectivity index (χ1n) is 9.17. The minimum absolute atomic E-state index is 0.130. The second kappa shape index (κ2) is 7.52. The first kappa shape index (κ1) is 18.3. The van der Waals surface area contributed by atoms with E-state index in [0.29, 0.717) is 22.6 Å². The number of rotatable bonds is 4. The number of nitrogen functional groups attached to an aromatic ring is 1. The molecule has 0 unspecified atom stereocenters. The smallest absolute Gasteiger partial charge is 0.258 e. The predicted octanol–water partition coefficient (Wildman–Crippen LogP) is 4.16. The standard InChI is InChI=1S/C23H20N4O2/c1-14(28)25-17-8-10-18(11-9-17)26-22(15-5-3-2-4-6-15)21-19-13-16(24)7-12-20(19)27-23(21)29/h2-13,26H,24H2,1H3,(H,25,28)(H,27,29)/b22-21-. The van der Waals surface area contributed by atoms with Crippen LogP contribution in [0.15, 0.2) is 72.8 Å². The number of fused-ring (bicyclic) bond motifs is 1. The fourth-order valence-corrected chi connectivity index (χ4v) is 3.30. The Hall–Kier alpha value is -4.06. The van der Waals surface area contributed by atoms with E-state index in [1.807, 2.05) is 42.5 Å². The first-order chi connectivity index (χ1) is 14.0. The van der Waals surface area contributed by atoms with Crippen molar-refractivity contribution in [2.75, 3.05) is 21.7 Å². The van der Waals surface area contributed by atoms with E-state index in [9.17, 15) is 9.59 Å². The van der Waals surface area contributed by atoms with Gasteiger partial charge in [0.25, 0.3) is 5.91 Å². The minimum Gasteiger partial charge on any atom is -0.399 e. The van der Waals surface area contributed by atoms with Crippen LogP contribution in [0.25, 0.3) is 11.3 Å². The molecular formula is C23H20N4O2. The second-order valence-electron chi connectivity index (χ2n) is 6.76. The van der Waals surface area contributed by atoms with Crippen molar-refractivity contribution in [3.8, 4) is 0 Å². The molecule has 144 valence electrons. The summed E-state index contributed by atoms with van der Waals surface area (Å²) in [5.74, 6) is -0.318. The molecule has 0 aliphatic carbocycles. The average Bonchev–Trinajstić information content (AvgIpc) is 3.02. The van der Waals surface area contributed by atoms with Gasteiger partial charge in [-0.1, -0.05) is 30.3 Å². The number of hydrogen-bond donors (Lipinski definition) is 4. The minimum atomic E-state index is -0.188. The molecule has 0 radical (unpaired) electrons. The highest BCUT2D eigenvalue weighted by Gasteiger charge is 2.28. The number of benzene rings is 3. The number of nitrogens with one attached hydrogen (secondary N) is 3. The summed E-state index contributed by atoms with van der Waals surface area (Å²) in [5.41, 5.74) is 11.6. The largest absolute Gasteiger partial charge is 0.399 e. The lowest BCUT2D eigenvalue weighted by Gasteiger charge is -2.15. The van der Waals surface area contributed by atoms with Gasteiger partial charge in [-0.25, -0.2) is 0 Å². The quantitative estimate of drug-likeness (QED) is 0.401. The highest BCUT2D eigenvalue weighted by molar-refractivity contribution is 6.37. The molecule has 0 fully saturated rings. The molecule has 0 saturated heterocycles. The second-order valence-corrected chi connectivity index (χ2v) is 6.76. The van der Waals surface area contributed by atoms with Crippen LogP contribution in [0.2, 0.25) is 0 Å². The Morgan fingerprint density at radius 2 is 1.55 bits per heavy atom. The average molecular weight is 384 g/mol. The Morgan fingerprint density at radius 1 is 0.897 bits per heavy atom. The maximum absolute atomic E-state index is 12.8. The lowest BCUT2D eigenvalue weighted by molar-refractivity contribution is -0.114. The van der Waals surface area contributed by atoms with Gasteiger partial charge in [0.05, 0.1) is 11.3 Å². The molecule has 6 heteroatoms. The monoisotopic (exact) mass is 384 g/mol. The van der Waals surface area contributed by atoms with Crippen LogP contribution in [0, 0.1) is 0 Å². The molecule has 0 saturated carbocycles. The van der Waals surface area contributed by atoms with Crippen molar-refractivity contribution in [2.24, 2.45) is 0 Å². The van der Waals surface area contributed by atoms with Gasteiger partial charge in [-0.05, 0) is 48.0 Å². The van der Waals surface area contributed by atoms with Crippen molar-refractivity contribution in [1.29, 1.82) is 0 Å². The van der Waals surface area contributed by atoms with E-state index in [1.54, 1.807) is 30.3 Å². The fraction of sp³-hybridized carbons (Fsp3) is 0.0435. The summed E-state index contributed by atoms with van der Waals surface area (Å²) in [4.78, 5) is 24.1. The highest BCUT2D eigenvalue weighted by Crippen LogP contribution is 2.38. The molecule has 6 nitrogen and oxygen atoms in total. The lowest BCUT2D eigenvalue weighted by atomic mass is 9.99. The molecular weight excluding hydrogens is 364 g/mol. The summed E-state index contributed by atoms with van der Waals surface area (Å²) >= 11 is 0. The normalized spacial score (nSPS) is 14.0. The van der Waals surface area contributed by atoms with Crippen molar-refractivity contribution >= 4 is 45.8 Å². The van der Waals surface area contributed by atoms with Crippen LogP contribution >= 0.6 is 0 Å². The zero-order valence-corrected chi connectivity index (χ0v) is 15.8. The van der Waals surface area contributed by atoms with Crippen LogP contribution in [0.4, 0.5) is 22.7 Å². The summed E-state index contributed by atoms with van der Waals surface area (Å²) in [7, 11) is 0. The van der Waals surface area contributed by atoms with Crippen molar-refractivity contribution in [2.45, 2.75) is 6.92 Å². The van der Waals surface area contributed by atoms with Gasteiger partial charge in [0, 0.05) is 35.2 Å². The van der Waals surface area contributed by atoms with Gasteiger partial charge in [-0.15, -0.1) is 0 Å². The van der Waals surface area contributed by atoms with Crippen LogP contribution in [0.5, 0.6) is 0 Å². The number of carbonyl (C=O) groups excluding carboxylic acids is 2. The molecule has 1 heterocycles. The summed E-state index contributed by atoms with van der Waals surface area (Å²) in [6.07, 6.45) is 0. The molecule has 0 bridgehead atoms. The maximum atomic E-state index is 12.8. The fourth-order valence-electron chi connectivity index (χ4n) is 3.30. The Kier molecular flexibility index (Phi) is 4.75. The summed E-state index contributed by atoms with van der Waals surface area (Å²) < 4.78 is 0. The number of nitrogens with two attached hydrogens (primary N) is 1. The van der Waals surface area contributed by atoms with E-state index in [4.69, 9.17) is 5.73 Å². The summed E-state index contributed by atoms with van der Waals surface area (Å²) in [6, 6.07) is 22.3. The zero-order chi connectivity index (χ0) is 20.4. The van der Waals surface area contributed by atoms with Crippen LogP contribution in [0.3, 0.4) is 0 Å². The van der Waals surface area contributed by atoms with Gasteiger partial charge in [-0.2, -0.15) is 0 Å². The Bertz CT molecular complexity index is 1120. The molecule has 3 aromatic rings. The van der Waals surface area contributed by atoms with Crippen molar-refractivity contribution in [3.63, 3.8) is 0 Å². The lowest BCUT2D eigenvalue weighted by Crippen LogP contribution is -2.10. The third-order valence-corrected chi connectivity index (χ3v) is 4.58. The molecule has 5 N–H and O–H groups in total. The van der Waals surface area contributed by atoms with Crippen LogP contribution in [-0.4, -0.2) is 11.8 Å². The van der Waals surface area contributed by atoms with Gasteiger partial charge in [0.15, 0.2) is 0 Å². The van der Waals surface area contributed by atoms with E-state index in [-0.39, 0.29) is 11.8 Å². The molecule has 3 aromatic carbocycles. The van der Waals surface area contributed by atoms with E-state index < -0.39 is 0 Å². The van der Waals surface area contributed by atoms with Crippen molar-refractivity contribution < 1.29 is 9.59 Å².